The molecule has 0 bridgehead atoms. The van der Waals surface area contributed by atoms with Crippen molar-refractivity contribution in [3.8, 4) is 17.5 Å². The second kappa shape index (κ2) is 10.1. The molecule has 0 spiro atoms. The number of aryl methyl sites for hydroxylation is 1. The summed E-state index contributed by atoms with van der Waals surface area (Å²) in [6, 6.07) is 13.3. The molecule has 0 amide bonds. The predicted octanol–water partition coefficient (Wildman–Crippen LogP) is 2.77. The normalized spacial score (nSPS) is 10.5. The summed E-state index contributed by atoms with van der Waals surface area (Å²) in [4.78, 5) is 31.9. The fourth-order valence-corrected chi connectivity index (χ4v) is 3.79. The van der Waals surface area contributed by atoms with Gasteiger partial charge in [0.25, 0.3) is 5.56 Å². The molecular formula is C25H18BFN6O2. The van der Waals surface area contributed by atoms with Gasteiger partial charge >= 0.3 is 0 Å². The minimum absolute atomic E-state index is 0.0153. The first kappa shape index (κ1) is 23.5. The van der Waals surface area contributed by atoms with Gasteiger partial charge in [0, 0.05) is 11.3 Å². The summed E-state index contributed by atoms with van der Waals surface area (Å²) in [5.41, 5.74) is 0.953. The van der Waals surface area contributed by atoms with Crippen LogP contribution in [-0.2, 0) is 6.54 Å². The van der Waals surface area contributed by atoms with Crippen molar-refractivity contribution in [3.05, 3.63) is 92.8 Å². The molecule has 8 nitrogen and oxygen atoms in total. The molecule has 0 saturated heterocycles. The maximum atomic E-state index is 14.8. The van der Waals surface area contributed by atoms with E-state index < -0.39 is 5.82 Å². The number of nitrogens with one attached hydrogen (secondary N) is 2. The largest absolute Gasteiger partial charge is 0.364 e. The lowest BCUT2D eigenvalue weighted by atomic mass is 9.95. The number of halogens is 1. The average Bonchev–Trinajstić information content (AvgIpc) is 2.83. The Bertz CT molecular complexity index is 1590. The Hall–Kier alpha value is -4.65. The van der Waals surface area contributed by atoms with Crippen LogP contribution in [0.3, 0.4) is 0 Å². The number of hydrogen-bond acceptors (Lipinski definition) is 7. The van der Waals surface area contributed by atoms with Gasteiger partial charge in [-0.25, -0.2) is 9.37 Å². The van der Waals surface area contributed by atoms with Crippen LogP contribution in [0.4, 0.5) is 10.2 Å². The fraction of sp³-hybridized carbons (Fsp3) is 0.120. The molecule has 0 fully saturated rings. The maximum absolute atomic E-state index is 14.8. The second-order valence-electron chi connectivity index (χ2n) is 7.57. The predicted molar refractivity (Wildman–Crippen MR) is 134 cm³/mol. The minimum Gasteiger partial charge on any atom is -0.364 e. The Labute approximate surface area is 201 Å². The zero-order chi connectivity index (χ0) is 24.9. The van der Waals surface area contributed by atoms with E-state index in [4.69, 9.17) is 13.3 Å². The number of pyridine rings is 1. The van der Waals surface area contributed by atoms with Gasteiger partial charge in [-0.3, -0.25) is 19.8 Å². The van der Waals surface area contributed by atoms with E-state index in [0.29, 0.717) is 16.5 Å². The van der Waals surface area contributed by atoms with Crippen molar-refractivity contribution in [1.29, 1.82) is 5.41 Å². The van der Waals surface area contributed by atoms with Crippen LogP contribution in [-0.4, -0.2) is 34.6 Å². The molecule has 0 aliphatic carbocycles. The highest BCUT2D eigenvalue weighted by Gasteiger charge is 2.17. The first-order chi connectivity index (χ1) is 16.9. The lowest BCUT2D eigenvalue weighted by Gasteiger charge is -2.18. The molecule has 4 rings (SSSR count). The molecule has 10 heteroatoms. The molecule has 2 aromatic carbocycles. The van der Waals surface area contributed by atoms with Crippen molar-refractivity contribution < 1.29 is 4.39 Å². The molecular weight excluding hydrogens is 446 g/mol. The number of hydrogen-bond donors (Lipinski definition) is 2. The number of anilines is 1. The second-order valence-corrected chi connectivity index (χ2v) is 7.57. The highest BCUT2D eigenvalue weighted by atomic mass is 19.1. The van der Waals surface area contributed by atoms with E-state index in [9.17, 15) is 14.1 Å². The summed E-state index contributed by atoms with van der Waals surface area (Å²) >= 11 is 0. The third kappa shape index (κ3) is 4.70. The molecule has 0 aliphatic heterocycles. The Balaban J connectivity index is 1.83. The first-order valence-electron chi connectivity index (χ1n) is 10.5. The lowest BCUT2D eigenvalue weighted by Crippen LogP contribution is -2.26. The molecule has 2 radical (unpaired) electrons. The molecule has 4 aromatic rings. The van der Waals surface area contributed by atoms with Gasteiger partial charge in [0.2, 0.25) is 0 Å². The van der Waals surface area contributed by atoms with Crippen LogP contribution in [0.2, 0.25) is 0 Å². The van der Waals surface area contributed by atoms with E-state index in [1.54, 1.807) is 18.2 Å². The third-order valence-corrected chi connectivity index (χ3v) is 5.35. The van der Waals surface area contributed by atoms with Crippen LogP contribution in [0.1, 0.15) is 16.8 Å². The van der Waals surface area contributed by atoms with Crippen LogP contribution >= 0.6 is 0 Å². The summed E-state index contributed by atoms with van der Waals surface area (Å²) in [7, 11) is 5.96. The highest BCUT2D eigenvalue weighted by molar-refractivity contribution is 6.37. The standard InChI is InChI=1S/C25H18BFN6O2/c1-15-6-4-7-16-12-17(33(25(34)21(15)16)20-10-3-2-8-18(20)27)13-29-24-22(23(26)30-14-31-24)19(28)9-5-11-32-35/h2-4,6-8,10,12,14,28H,11,13H2,1H3,(H,29,30,31). The van der Waals surface area contributed by atoms with Crippen molar-refractivity contribution in [3.63, 3.8) is 0 Å². The Morgan fingerprint density at radius 1 is 1.23 bits per heavy atom. The highest BCUT2D eigenvalue weighted by Crippen LogP contribution is 2.21. The van der Waals surface area contributed by atoms with E-state index in [1.165, 1.54) is 23.0 Å². The summed E-state index contributed by atoms with van der Waals surface area (Å²) in [6.45, 7) is 1.60. The van der Waals surface area contributed by atoms with Crippen LogP contribution in [0.25, 0.3) is 16.5 Å². The van der Waals surface area contributed by atoms with Crippen molar-refractivity contribution in [1.82, 2.24) is 14.5 Å². The number of aromatic nitrogens is 3. The van der Waals surface area contributed by atoms with Crippen molar-refractivity contribution in [2.75, 3.05) is 11.9 Å². The number of nitroso groups, excluding NO2 is 1. The van der Waals surface area contributed by atoms with Gasteiger partial charge in [0.1, 0.15) is 38.1 Å². The molecule has 0 atom stereocenters. The Kier molecular flexibility index (Phi) is 6.78. The quantitative estimate of drug-likeness (QED) is 0.197. The summed E-state index contributed by atoms with van der Waals surface area (Å²) < 4.78 is 16.1. The van der Waals surface area contributed by atoms with Gasteiger partial charge in [-0.15, -0.1) is 4.91 Å². The number of para-hydroxylation sites is 1. The number of fused-ring (bicyclic) bond motifs is 1. The van der Waals surface area contributed by atoms with Crippen LogP contribution in [0, 0.1) is 34.9 Å². The molecule has 0 aliphatic rings. The fourth-order valence-electron chi connectivity index (χ4n) is 3.79. The van der Waals surface area contributed by atoms with Crippen LogP contribution < -0.4 is 16.5 Å². The number of benzene rings is 2. The summed E-state index contributed by atoms with van der Waals surface area (Å²) in [6.07, 6.45) is 1.22. The van der Waals surface area contributed by atoms with Crippen LogP contribution in [0.5, 0.6) is 0 Å². The molecule has 2 aromatic heterocycles. The van der Waals surface area contributed by atoms with Gasteiger partial charge in [-0.05, 0) is 42.0 Å². The molecule has 0 unspecified atom stereocenters. The van der Waals surface area contributed by atoms with Crippen molar-refractivity contribution >= 4 is 35.7 Å². The number of rotatable bonds is 6. The Morgan fingerprint density at radius 2 is 2.03 bits per heavy atom. The molecule has 2 N–H and O–H groups in total. The summed E-state index contributed by atoms with van der Waals surface area (Å²) in [5.74, 6) is 4.61. The summed E-state index contributed by atoms with van der Waals surface area (Å²) in [5, 5.41) is 15.1. The van der Waals surface area contributed by atoms with Gasteiger partial charge in [-0.2, -0.15) is 0 Å². The Morgan fingerprint density at radius 3 is 2.80 bits per heavy atom. The molecule has 0 saturated carbocycles. The zero-order valence-corrected chi connectivity index (χ0v) is 18.7. The number of nitrogens with zero attached hydrogens (tertiary/aromatic N) is 4. The smallest absolute Gasteiger partial charge is 0.263 e. The molecule has 35 heavy (non-hydrogen) atoms. The van der Waals surface area contributed by atoms with Crippen molar-refractivity contribution in [2.24, 2.45) is 5.18 Å². The van der Waals surface area contributed by atoms with Crippen LogP contribution in [0.15, 0.2) is 64.8 Å². The van der Waals surface area contributed by atoms with Gasteiger partial charge < -0.3 is 5.32 Å². The van der Waals surface area contributed by atoms with Gasteiger partial charge in [0.05, 0.1) is 23.2 Å². The van der Waals surface area contributed by atoms with E-state index in [-0.39, 0.29) is 47.0 Å². The minimum atomic E-state index is -0.545. The van der Waals surface area contributed by atoms with E-state index in [2.05, 4.69) is 32.3 Å². The maximum Gasteiger partial charge on any atom is 0.263 e. The third-order valence-electron chi connectivity index (χ3n) is 5.35. The van der Waals surface area contributed by atoms with Crippen molar-refractivity contribution in [2.45, 2.75) is 13.5 Å². The average molecular weight is 464 g/mol. The van der Waals surface area contributed by atoms with Gasteiger partial charge in [-0.1, -0.05) is 41.4 Å². The van der Waals surface area contributed by atoms with Gasteiger partial charge in [0.15, 0.2) is 0 Å². The SMILES string of the molecule is [B]c1ncnc(NCc2cc3cccc(C)c3c(=O)n2-c2ccccc2F)c1C(=N)C#CCN=O. The van der Waals surface area contributed by atoms with E-state index in [1.807, 2.05) is 25.1 Å². The first-order valence-corrected chi connectivity index (χ1v) is 10.5. The monoisotopic (exact) mass is 464 g/mol. The topological polar surface area (TPSA) is 113 Å². The zero-order valence-electron chi connectivity index (χ0n) is 18.7. The van der Waals surface area contributed by atoms with E-state index >= 15 is 0 Å². The molecule has 2 heterocycles. The lowest BCUT2D eigenvalue weighted by molar-refractivity contribution is 0.614. The van der Waals surface area contributed by atoms with E-state index in [0.717, 1.165) is 5.56 Å². The molecule has 170 valence electrons.